The van der Waals surface area contributed by atoms with E-state index in [-0.39, 0.29) is 11.4 Å². The lowest BCUT2D eigenvalue weighted by molar-refractivity contribution is 0.996. The number of H-pyrrole nitrogens is 4. The van der Waals surface area contributed by atoms with E-state index in [1.807, 2.05) is 9.97 Å². The summed E-state index contributed by atoms with van der Waals surface area (Å²) in [6, 6.07) is 0. The van der Waals surface area contributed by atoms with Crippen LogP contribution >= 0.6 is 0 Å². The standard InChI is InChI=1S/C8H6N6O4/c15-5-3(1-9-7(17)11-5)13-14-4-2-10-8(18)12-6(4)16/h1-2H,(H2,9,11,15,17)(H2,10,12,16,18). The molecule has 0 fully saturated rings. The number of hydrogen-bond acceptors (Lipinski definition) is 6. The molecule has 0 aliphatic carbocycles. The van der Waals surface area contributed by atoms with Crippen LogP contribution in [-0.4, -0.2) is 19.9 Å². The van der Waals surface area contributed by atoms with E-state index in [1.54, 1.807) is 0 Å². The van der Waals surface area contributed by atoms with Gasteiger partial charge in [0.1, 0.15) is 0 Å². The number of rotatable bonds is 2. The summed E-state index contributed by atoms with van der Waals surface area (Å²) in [5, 5.41) is 6.95. The van der Waals surface area contributed by atoms with Gasteiger partial charge in [0.15, 0.2) is 11.4 Å². The molecule has 0 atom stereocenters. The Hall–Kier alpha value is -3.04. The molecule has 0 aliphatic heterocycles. The minimum absolute atomic E-state index is 0.180. The molecular formula is C8H6N6O4. The molecule has 2 heterocycles. The topological polar surface area (TPSA) is 156 Å². The van der Waals surface area contributed by atoms with Crippen LogP contribution in [0.3, 0.4) is 0 Å². The summed E-state index contributed by atoms with van der Waals surface area (Å²) >= 11 is 0. The molecule has 2 rings (SSSR count). The van der Waals surface area contributed by atoms with Gasteiger partial charge in [-0.25, -0.2) is 9.59 Å². The Labute approximate surface area is 96.5 Å². The van der Waals surface area contributed by atoms with Crippen molar-refractivity contribution >= 4 is 11.4 Å². The predicted molar refractivity (Wildman–Crippen MR) is 59.5 cm³/mol. The van der Waals surface area contributed by atoms with Crippen LogP contribution in [0.25, 0.3) is 0 Å². The zero-order chi connectivity index (χ0) is 13.1. The highest BCUT2D eigenvalue weighted by molar-refractivity contribution is 5.32. The molecule has 0 aliphatic rings. The van der Waals surface area contributed by atoms with Crippen LogP contribution < -0.4 is 22.5 Å². The summed E-state index contributed by atoms with van der Waals surface area (Å²) in [6.45, 7) is 0. The van der Waals surface area contributed by atoms with Gasteiger partial charge in [0.2, 0.25) is 0 Å². The Morgan fingerprint density at radius 2 is 1.11 bits per heavy atom. The Morgan fingerprint density at radius 3 is 1.44 bits per heavy atom. The predicted octanol–water partition coefficient (Wildman–Crippen LogP) is -1.14. The third-order valence-electron chi connectivity index (χ3n) is 1.86. The summed E-state index contributed by atoms with van der Waals surface area (Å²) < 4.78 is 0. The minimum Gasteiger partial charge on any atom is -0.312 e. The van der Waals surface area contributed by atoms with E-state index in [0.29, 0.717) is 0 Å². The fraction of sp³-hybridized carbons (Fsp3) is 0. The maximum Gasteiger partial charge on any atom is 0.325 e. The smallest absolute Gasteiger partial charge is 0.312 e. The van der Waals surface area contributed by atoms with Crippen molar-refractivity contribution in [2.75, 3.05) is 0 Å². The molecule has 10 heteroatoms. The summed E-state index contributed by atoms with van der Waals surface area (Å²) in [7, 11) is 0. The first-order chi connectivity index (χ1) is 8.56. The summed E-state index contributed by atoms with van der Waals surface area (Å²) in [5.74, 6) is 0. The van der Waals surface area contributed by atoms with Crippen LogP contribution in [0.15, 0.2) is 41.8 Å². The monoisotopic (exact) mass is 250 g/mol. The lowest BCUT2D eigenvalue weighted by Crippen LogP contribution is -2.21. The fourth-order valence-corrected chi connectivity index (χ4v) is 1.06. The number of azo groups is 1. The zero-order valence-electron chi connectivity index (χ0n) is 8.68. The van der Waals surface area contributed by atoms with E-state index in [1.165, 1.54) is 0 Å². The molecule has 4 N–H and O–H groups in total. The Morgan fingerprint density at radius 1 is 0.722 bits per heavy atom. The molecule has 0 radical (unpaired) electrons. The van der Waals surface area contributed by atoms with Crippen molar-refractivity contribution in [3.05, 3.63) is 54.1 Å². The van der Waals surface area contributed by atoms with E-state index >= 15 is 0 Å². The number of hydrogen-bond donors (Lipinski definition) is 4. The molecule has 10 nitrogen and oxygen atoms in total. The van der Waals surface area contributed by atoms with Crippen molar-refractivity contribution in [3.8, 4) is 0 Å². The molecule has 2 aromatic heterocycles. The fourth-order valence-electron chi connectivity index (χ4n) is 1.06. The van der Waals surface area contributed by atoms with Gasteiger partial charge in [-0.15, -0.1) is 10.2 Å². The van der Waals surface area contributed by atoms with E-state index in [0.717, 1.165) is 12.4 Å². The molecular weight excluding hydrogens is 244 g/mol. The van der Waals surface area contributed by atoms with E-state index in [2.05, 4.69) is 20.2 Å². The van der Waals surface area contributed by atoms with E-state index in [9.17, 15) is 19.2 Å². The largest absolute Gasteiger partial charge is 0.325 e. The van der Waals surface area contributed by atoms with Gasteiger partial charge in [-0.3, -0.25) is 19.6 Å². The molecule has 0 unspecified atom stereocenters. The normalized spacial score (nSPS) is 10.9. The highest BCUT2D eigenvalue weighted by atomic mass is 16.2. The first-order valence-electron chi connectivity index (χ1n) is 4.62. The van der Waals surface area contributed by atoms with Crippen molar-refractivity contribution in [1.82, 2.24) is 19.9 Å². The van der Waals surface area contributed by atoms with Gasteiger partial charge in [-0.2, -0.15) is 0 Å². The molecule has 0 aromatic carbocycles. The van der Waals surface area contributed by atoms with Crippen molar-refractivity contribution in [1.29, 1.82) is 0 Å². The quantitative estimate of drug-likeness (QED) is 0.496. The number of nitrogens with one attached hydrogen (secondary N) is 4. The summed E-state index contributed by atoms with van der Waals surface area (Å²) in [4.78, 5) is 52.2. The molecule has 0 bridgehead atoms. The van der Waals surface area contributed by atoms with Crippen LogP contribution in [0.1, 0.15) is 0 Å². The van der Waals surface area contributed by atoms with Gasteiger partial charge in [0.25, 0.3) is 11.1 Å². The average molecular weight is 250 g/mol. The van der Waals surface area contributed by atoms with Crippen LogP contribution in [0.4, 0.5) is 11.4 Å². The van der Waals surface area contributed by atoms with Crippen LogP contribution in [0, 0.1) is 0 Å². The maximum absolute atomic E-state index is 11.2. The number of aromatic nitrogens is 4. The average Bonchev–Trinajstić information content (AvgIpc) is 2.30. The van der Waals surface area contributed by atoms with Gasteiger partial charge < -0.3 is 9.97 Å². The molecule has 0 saturated carbocycles. The second-order valence-corrected chi connectivity index (χ2v) is 3.11. The van der Waals surface area contributed by atoms with Crippen molar-refractivity contribution in [2.45, 2.75) is 0 Å². The molecule has 0 saturated heterocycles. The third kappa shape index (κ3) is 2.37. The minimum atomic E-state index is -0.747. The van der Waals surface area contributed by atoms with Crippen LogP contribution in [0.2, 0.25) is 0 Å². The zero-order valence-corrected chi connectivity index (χ0v) is 8.68. The van der Waals surface area contributed by atoms with Gasteiger partial charge in [-0.05, 0) is 0 Å². The lowest BCUT2D eigenvalue weighted by Gasteiger charge is -1.90. The second kappa shape index (κ2) is 4.45. The van der Waals surface area contributed by atoms with Crippen molar-refractivity contribution in [3.63, 3.8) is 0 Å². The van der Waals surface area contributed by atoms with Crippen molar-refractivity contribution in [2.24, 2.45) is 10.2 Å². The Kier molecular flexibility index (Phi) is 2.83. The van der Waals surface area contributed by atoms with Gasteiger partial charge in [0, 0.05) is 12.4 Å². The summed E-state index contributed by atoms with van der Waals surface area (Å²) in [5.41, 5.74) is -3.21. The summed E-state index contributed by atoms with van der Waals surface area (Å²) in [6.07, 6.45) is 2.09. The maximum atomic E-state index is 11.2. The van der Waals surface area contributed by atoms with Crippen molar-refractivity contribution < 1.29 is 0 Å². The third-order valence-corrected chi connectivity index (χ3v) is 1.86. The first kappa shape index (κ1) is 11.4. The highest BCUT2D eigenvalue weighted by Crippen LogP contribution is 2.06. The van der Waals surface area contributed by atoms with E-state index in [4.69, 9.17) is 0 Å². The molecule has 92 valence electrons. The first-order valence-corrected chi connectivity index (χ1v) is 4.62. The second-order valence-electron chi connectivity index (χ2n) is 3.11. The lowest BCUT2D eigenvalue weighted by atomic mass is 10.5. The number of aromatic amines is 4. The highest BCUT2D eigenvalue weighted by Gasteiger charge is 2.00. The molecule has 2 aromatic rings. The SMILES string of the molecule is O=c1[nH]cc(N=Nc2c[nH]c(=O)[nH]c2=O)c(=O)[nH]1. The molecule has 0 amide bonds. The van der Waals surface area contributed by atoms with Gasteiger partial charge in [-0.1, -0.05) is 0 Å². The van der Waals surface area contributed by atoms with Gasteiger partial charge >= 0.3 is 11.4 Å². The Balaban J connectivity index is 2.42. The molecule has 0 spiro atoms. The number of nitrogens with zero attached hydrogens (tertiary/aromatic N) is 2. The van der Waals surface area contributed by atoms with Crippen LogP contribution in [-0.2, 0) is 0 Å². The van der Waals surface area contributed by atoms with E-state index < -0.39 is 22.5 Å². The Bertz CT molecular complexity index is 753. The van der Waals surface area contributed by atoms with Crippen LogP contribution in [0.5, 0.6) is 0 Å². The van der Waals surface area contributed by atoms with Gasteiger partial charge in [0.05, 0.1) is 0 Å². The molecule has 18 heavy (non-hydrogen) atoms.